The number of allylic oxidation sites excluding steroid dienone is 2. The van der Waals surface area contributed by atoms with Crippen LogP contribution in [-0.4, -0.2) is 12.9 Å². The second-order valence-corrected chi connectivity index (χ2v) is 4.89. The molecule has 0 saturated heterocycles. The van der Waals surface area contributed by atoms with Crippen LogP contribution in [-0.2, 0) is 11.2 Å². The van der Waals surface area contributed by atoms with Gasteiger partial charge in [0.2, 0.25) is 0 Å². The van der Waals surface area contributed by atoms with E-state index in [1.165, 1.54) is 11.1 Å². The Kier molecular flexibility index (Phi) is 4.19. The van der Waals surface area contributed by atoms with Crippen LogP contribution < -0.4 is 4.74 Å². The number of aryl methyl sites for hydroxylation is 1. The number of hydrogen-bond donors (Lipinski definition) is 0. The first-order valence-electron chi connectivity index (χ1n) is 6.55. The minimum atomic E-state index is 0.327. The molecule has 0 aromatic heterocycles. The average molecular weight is 244 g/mol. The summed E-state index contributed by atoms with van der Waals surface area (Å²) in [5, 5.41) is 0. The molecule has 1 aromatic rings. The number of Topliss-reactive ketones (excluding diaryl/α,β-unsaturated/α-hetero) is 1. The highest BCUT2D eigenvalue weighted by molar-refractivity contribution is 5.96. The molecule has 0 heterocycles. The molecule has 96 valence electrons. The van der Waals surface area contributed by atoms with E-state index in [9.17, 15) is 4.79 Å². The molecular formula is C16H20O2. The Morgan fingerprint density at radius 1 is 1.33 bits per heavy atom. The lowest BCUT2D eigenvalue weighted by Crippen LogP contribution is -2.03. The first-order chi connectivity index (χ1) is 8.70. The zero-order valence-corrected chi connectivity index (χ0v) is 11.2. The van der Waals surface area contributed by atoms with Crippen LogP contribution in [0.25, 0.3) is 0 Å². The fourth-order valence-electron chi connectivity index (χ4n) is 2.51. The Labute approximate surface area is 109 Å². The summed E-state index contributed by atoms with van der Waals surface area (Å²) >= 11 is 0. The van der Waals surface area contributed by atoms with Gasteiger partial charge in [-0.1, -0.05) is 17.7 Å². The smallest absolute Gasteiger partial charge is 0.159 e. The maximum atomic E-state index is 12.1. The molecule has 0 saturated carbocycles. The molecule has 0 bridgehead atoms. The van der Waals surface area contributed by atoms with Gasteiger partial charge in [0.05, 0.1) is 7.11 Å². The van der Waals surface area contributed by atoms with Gasteiger partial charge in [0.15, 0.2) is 5.78 Å². The molecule has 0 spiro atoms. The SMILES string of the molecule is COc1cccc(CCC(=O)C2=C(C)CCC2)c1. The Hall–Kier alpha value is -1.57. The van der Waals surface area contributed by atoms with Crippen molar-refractivity contribution in [1.29, 1.82) is 0 Å². The van der Waals surface area contributed by atoms with Gasteiger partial charge in [-0.15, -0.1) is 0 Å². The van der Waals surface area contributed by atoms with Gasteiger partial charge in [0.1, 0.15) is 5.75 Å². The molecule has 18 heavy (non-hydrogen) atoms. The third kappa shape index (κ3) is 3.00. The summed E-state index contributed by atoms with van der Waals surface area (Å²) in [6.45, 7) is 2.09. The number of rotatable bonds is 5. The van der Waals surface area contributed by atoms with Crippen molar-refractivity contribution < 1.29 is 9.53 Å². The van der Waals surface area contributed by atoms with E-state index in [1.54, 1.807) is 7.11 Å². The van der Waals surface area contributed by atoms with Crippen LogP contribution in [0, 0.1) is 0 Å². The van der Waals surface area contributed by atoms with Crippen LogP contribution in [0.4, 0.5) is 0 Å². The van der Waals surface area contributed by atoms with E-state index in [-0.39, 0.29) is 0 Å². The lowest BCUT2D eigenvalue weighted by molar-refractivity contribution is -0.115. The van der Waals surface area contributed by atoms with Crippen molar-refractivity contribution in [2.45, 2.75) is 39.0 Å². The summed E-state index contributed by atoms with van der Waals surface area (Å²) in [7, 11) is 1.66. The van der Waals surface area contributed by atoms with Gasteiger partial charge in [-0.05, 0) is 55.9 Å². The summed E-state index contributed by atoms with van der Waals surface area (Å²) in [6.07, 6.45) is 4.63. The normalized spacial score (nSPS) is 15.0. The van der Waals surface area contributed by atoms with Crippen LogP contribution in [0.2, 0.25) is 0 Å². The van der Waals surface area contributed by atoms with Gasteiger partial charge < -0.3 is 4.74 Å². The van der Waals surface area contributed by atoms with Crippen LogP contribution >= 0.6 is 0 Å². The summed E-state index contributed by atoms with van der Waals surface area (Å²) in [5.74, 6) is 1.18. The number of benzene rings is 1. The molecule has 0 radical (unpaired) electrons. The molecule has 2 nitrogen and oxygen atoms in total. The molecule has 1 aromatic carbocycles. The van der Waals surface area contributed by atoms with Crippen LogP contribution in [0.3, 0.4) is 0 Å². The molecular weight excluding hydrogens is 224 g/mol. The van der Waals surface area contributed by atoms with Crippen molar-refractivity contribution in [2.24, 2.45) is 0 Å². The zero-order chi connectivity index (χ0) is 13.0. The second-order valence-electron chi connectivity index (χ2n) is 4.89. The summed E-state index contributed by atoms with van der Waals surface area (Å²) in [6, 6.07) is 7.95. The Bertz CT molecular complexity index is 472. The maximum Gasteiger partial charge on any atom is 0.159 e. The molecule has 1 aliphatic rings. The number of methoxy groups -OCH3 is 1. The van der Waals surface area contributed by atoms with E-state index in [1.807, 2.05) is 24.3 Å². The van der Waals surface area contributed by atoms with Crippen molar-refractivity contribution in [2.75, 3.05) is 7.11 Å². The fourth-order valence-corrected chi connectivity index (χ4v) is 2.51. The van der Waals surface area contributed by atoms with Crippen molar-refractivity contribution in [3.8, 4) is 5.75 Å². The van der Waals surface area contributed by atoms with E-state index < -0.39 is 0 Å². The summed E-state index contributed by atoms with van der Waals surface area (Å²) in [4.78, 5) is 12.1. The zero-order valence-electron chi connectivity index (χ0n) is 11.2. The van der Waals surface area contributed by atoms with Gasteiger partial charge in [-0.3, -0.25) is 4.79 Å². The highest BCUT2D eigenvalue weighted by Crippen LogP contribution is 2.27. The maximum absolute atomic E-state index is 12.1. The van der Waals surface area contributed by atoms with Gasteiger partial charge in [0, 0.05) is 6.42 Å². The van der Waals surface area contributed by atoms with E-state index in [2.05, 4.69) is 6.92 Å². The number of hydrogen-bond acceptors (Lipinski definition) is 2. The minimum absolute atomic E-state index is 0.327. The molecule has 0 fully saturated rings. The highest BCUT2D eigenvalue weighted by atomic mass is 16.5. The standard InChI is InChI=1S/C16H20O2/c1-12-5-3-8-15(12)16(17)10-9-13-6-4-7-14(11-13)18-2/h4,6-7,11H,3,5,8-10H2,1-2H3. The number of carbonyl (C=O) groups is 1. The van der Waals surface area contributed by atoms with E-state index in [0.717, 1.165) is 37.0 Å². The lowest BCUT2D eigenvalue weighted by Gasteiger charge is -2.05. The van der Waals surface area contributed by atoms with Crippen LogP contribution in [0.1, 0.15) is 38.2 Å². The monoisotopic (exact) mass is 244 g/mol. The Morgan fingerprint density at radius 2 is 2.17 bits per heavy atom. The molecule has 2 rings (SSSR count). The number of ether oxygens (including phenoxy) is 1. The quantitative estimate of drug-likeness (QED) is 0.789. The Balaban J connectivity index is 1.95. The minimum Gasteiger partial charge on any atom is -0.497 e. The van der Waals surface area contributed by atoms with E-state index in [4.69, 9.17) is 4.74 Å². The predicted molar refractivity (Wildman–Crippen MR) is 72.9 cm³/mol. The van der Waals surface area contributed by atoms with E-state index >= 15 is 0 Å². The van der Waals surface area contributed by atoms with Crippen LogP contribution in [0.15, 0.2) is 35.4 Å². The van der Waals surface area contributed by atoms with Crippen molar-refractivity contribution in [3.05, 3.63) is 41.0 Å². The lowest BCUT2D eigenvalue weighted by atomic mass is 10.0. The molecule has 0 amide bonds. The summed E-state index contributed by atoms with van der Waals surface area (Å²) < 4.78 is 5.18. The first-order valence-corrected chi connectivity index (χ1v) is 6.55. The number of carbonyl (C=O) groups excluding carboxylic acids is 1. The fraction of sp³-hybridized carbons (Fsp3) is 0.438. The average Bonchev–Trinajstić information content (AvgIpc) is 2.82. The van der Waals surface area contributed by atoms with Crippen LogP contribution in [0.5, 0.6) is 5.75 Å². The molecule has 1 aliphatic carbocycles. The second kappa shape index (κ2) is 5.85. The topological polar surface area (TPSA) is 26.3 Å². The largest absolute Gasteiger partial charge is 0.497 e. The first kappa shape index (κ1) is 12.9. The third-order valence-electron chi connectivity index (χ3n) is 3.61. The summed E-state index contributed by atoms with van der Waals surface area (Å²) in [5.41, 5.74) is 3.54. The van der Waals surface area contributed by atoms with Crippen molar-refractivity contribution >= 4 is 5.78 Å². The van der Waals surface area contributed by atoms with Gasteiger partial charge in [-0.2, -0.15) is 0 Å². The third-order valence-corrected chi connectivity index (χ3v) is 3.61. The van der Waals surface area contributed by atoms with Crippen molar-refractivity contribution in [3.63, 3.8) is 0 Å². The Morgan fingerprint density at radius 3 is 2.83 bits per heavy atom. The number of ketones is 1. The predicted octanol–water partition coefficient (Wildman–Crippen LogP) is 3.70. The van der Waals surface area contributed by atoms with E-state index in [0.29, 0.717) is 12.2 Å². The molecule has 0 unspecified atom stereocenters. The van der Waals surface area contributed by atoms with Crippen molar-refractivity contribution in [1.82, 2.24) is 0 Å². The molecule has 0 aliphatic heterocycles. The molecule has 0 atom stereocenters. The van der Waals surface area contributed by atoms with Gasteiger partial charge >= 0.3 is 0 Å². The highest BCUT2D eigenvalue weighted by Gasteiger charge is 2.17. The van der Waals surface area contributed by atoms with Gasteiger partial charge in [0.25, 0.3) is 0 Å². The van der Waals surface area contributed by atoms with Gasteiger partial charge in [-0.25, -0.2) is 0 Å². The molecule has 0 N–H and O–H groups in total. The molecule has 2 heteroatoms.